The van der Waals surface area contributed by atoms with E-state index in [0.717, 1.165) is 18.5 Å². The molecule has 3 rings (SSSR count). The fourth-order valence-electron chi connectivity index (χ4n) is 2.26. The van der Waals surface area contributed by atoms with Crippen molar-refractivity contribution in [2.45, 2.75) is 38.6 Å². The predicted molar refractivity (Wildman–Crippen MR) is 86.3 cm³/mol. The molecule has 22 heavy (non-hydrogen) atoms. The van der Waals surface area contributed by atoms with E-state index in [1.807, 2.05) is 18.2 Å². The Morgan fingerprint density at radius 1 is 1.14 bits per heavy atom. The molecule has 1 aliphatic carbocycles. The van der Waals surface area contributed by atoms with E-state index < -0.39 is 0 Å². The average Bonchev–Trinajstić information content (AvgIpc) is 3.32. The van der Waals surface area contributed by atoms with Crippen LogP contribution in [0.2, 0.25) is 0 Å². The van der Waals surface area contributed by atoms with E-state index in [9.17, 15) is 4.79 Å². The third-order valence-corrected chi connectivity index (χ3v) is 3.66. The van der Waals surface area contributed by atoms with E-state index in [1.165, 1.54) is 5.56 Å². The third kappa shape index (κ3) is 3.42. The van der Waals surface area contributed by atoms with Crippen LogP contribution < -0.4 is 10.6 Å². The van der Waals surface area contributed by atoms with Crippen molar-refractivity contribution in [3.8, 4) is 0 Å². The molecule has 5 nitrogen and oxygen atoms in total. The SMILES string of the molecule is CC(C)c1ccccc1Nc1ccc(C(=O)NC2CC2)nn1. The van der Waals surface area contributed by atoms with Gasteiger partial charge in [0.25, 0.3) is 5.91 Å². The fourth-order valence-corrected chi connectivity index (χ4v) is 2.26. The van der Waals surface area contributed by atoms with Crippen LogP contribution in [0.15, 0.2) is 36.4 Å². The number of hydrogen-bond acceptors (Lipinski definition) is 4. The van der Waals surface area contributed by atoms with Gasteiger partial charge in [0.15, 0.2) is 11.5 Å². The molecule has 1 aliphatic rings. The van der Waals surface area contributed by atoms with Gasteiger partial charge in [-0.2, -0.15) is 0 Å². The maximum Gasteiger partial charge on any atom is 0.272 e. The van der Waals surface area contributed by atoms with Gasteiger partial charge in [-0.15, -0.1) is 10.2 Å². The first-order chi connectivity index (χ1) is 10.6. The number of carbonyl (C=O) groups excluding carboxylic acids is 1. The van der Waals surface area contributed by atoms with Crippen LogP contribution in [0.25, 0.3) is 0 Å². The standard InChI is InChI=1S/C17H20N4O/c1-11(2)13-5-3-4-6-14(13)19-16-10-9-15(20-21-16)17(22)18-12-7-8-12/h3-6,9-12H,7-8H2,1-2H3,(H,18,22)(H,19,21). The number of para-hydroxylation sites is 1. The lowest BCUT2D eigenvalue weighted by atomic mass is 10.0. The second-order valence-corrected chi connectivity index (χ2v) is 5.92. The lowest BCUT2D eigenvalue weighted by Gasteiger charge is -2.13. The summed E-state index contributed by atoms with van der Waals surface area (Å²) in [4.78, 5) is 11.9. The highest BCUT2D eigenvalue weighted by molar-refractivity contribution is 5.92. The van der Waals surface area contributed by atoms with E-state index in [-0.39, 0.29) is 5.91 Å². The minimum absolute atomic E-state index is 0.149. The van der Waals surface area contributed by atoms with Crippen molar-refractivity contribution in [2.24, 2.45) is 0 Å². The molecule has 114 valence electrons. The number of benzene rings is 1. The zero-order valence-corrected chi connectivity index (χ0v) is 12.8. The molecule has 2 aromatic rings. The number of hydrogen-bond donors (Lipinski definition) is 2. The molecule has 0 atom stereocenters. The monoisotopic (exact) mass is 296 g/mol. The predicted octanol–water partition coefficient (Wildman–Crippen LogP) is 3.24. The highest BCUT2D eigenvalue weighted by atomic mass is 16.2. The third-order valence-electron chi connectivity index (χ3n) is 3.66. The molecular weight excluding hydrogens is 276 g/mol. The summed E-state index contributed by atoms with van der Waals surface area (Å²) >= 11 is 0. The van der Waals surface area contributed by atoms with Crippen molar-refractivity contribution >= 4 is 17.4 Å². The van der Waals surface area contributed by atoms with Crippen molar-refractivity contribution in [2.75, 3.05) is 5.32 Å². The lowest BCUT2D eigenvalue weighted by Crippen LogP contribution is -2.26. The maximum absolute atomic E-state index is 11.9. The summed E-state index contributed by atoms with van der Waals surface area (Å²) in [6, 6.07) is 11.9. The first-order valence-corrected chi connectivity index (χ1v) is 7.64. The van der Waals surface area contributed by atoms with Crippen LogP contribution in [0, 0.1) is 0 Å². The molecule has 0 radical (unpaired) electrons. The van der Waals surface area contributed by atoms with Crippen LogP contribution >= 0.6 is 0 Å². The van der Waals surface area contributed by atoms with Crippen molar-refractivity contribution in [3.63, 3.8) is 0 Å². The highest BCUT2D eigenvalue weighted by Crippen LogP contribution is 2.26. The molecule has 1 aromatic heterocycles. The lowest BCUT2D eigenvalue weighted by molar-refractivity contribution is 0.0945. The largest absolute Gasteiger partial charge is 0.348 e. The second kappa shape index (κ2) is 6.13. The zero-order valence-electron chi connectivity index (χ0n) is 12.8. The molecule has 1 fully saturated rings. The van der Waals surface area contributed by atoms with E-state index in [4.69, 9.17) is 0 Å². The number of rotatable bonds is 5. The summed E-state index contributed by atoms with van der Waals surface area (Å²) in [5.74, 6) is 0.903. The second-order valence-electron chi connectivity index (χ2n) is 5.92. The van der Waals surface area contributed by atoms with E-state index in [1.54, 1.807) is 12.1 Å². The van der Waals surface area contributed by atoms with E-state index >= 15 is 0 Å². The topological polar surface area (TPSA) is 66.9 Å². The Hall–Kier alpha value is -2.43. The molecule has 0 unspecified atom stereocenters. The van der Waals surface area contributed by atoms with Crippen molar-refractivity contribution in [1.29, 1.82) is 0 Å². The molecule has 1 aromatic carbocycles. The minimum atomic E-state index is -0.149. The Bertz CT molecular complexity index is 663. The number of carbonyl (C=O) groups is 1. The summed E-state index contributed by atoms with van der Waals surface area (Å²) in [6.07, 6.45) is 2.12. The van der Waals surface area contributed by atoms with Crippen LogP contribution in [-0.4, -0.2) is 22.1 Å². The molecule has 2 N–H and O–H groups in total. The number of aromatic nitrogens is 2. The van der Waals surface area contributed by atoms with Gasteiger partial charge >= 0.3 is 0 Å². The van der Waals surface area contributed by atoms with Gasteiger partial charge in [-0.05, 0) is 42.5 Å². The van der Waals surface area contributed by atoms with Crippen LogP contribution in [0.1, 0.15) is 48.7 Å². The van der Waals surface area contributed by atoms with Gasteiger partial charge in [-0.1, -0.05) is 32.0 Å². The molecule has 5 heteroatoms. The van der Waals surface area contributed by atoms with E-state index in [0.29, 0.717) is 23.5 Å². The average molecular weight is 296 g/mol. The van der Waals surface area contributed by atoms with Crippen LogP contribution in [0.5, 0.6) is 0 Å². The Kier molecular flexibility index (Phi) is 4.04. The molecule has 0 bridgehead atoms. The van der Waals surface area contributed by atoms with Crippen molar-refractivity contribution < 1.29 is 4.79 Å². The normalized spacial score (nSPS) is 14.0. The Balaban J connectivity index is 1.72. The first kappa shape index (κ1) is 14.5. The van der Waals surface area contributed by atoms with Crippen molar-refractivity contribution in [1.82, 2.24) is 15.5 Å². The van der Waals surface area contributed by atoms with Crippen LogP contribution in [0.4, 0.5) is 11.5 Å². The van der Waals surface area contributed by atoms with E-state index in [2.05, 4.69) is 40.7 Å². The highest BCUT2D eigenvalue weighted by Gasteiger charge is 2.24. The first-order valence-electron chi connectivity index (χ1n) is 7.64. The zero-order chi connectivity index (χ0) is 15.5. The molecule has 1 saturated carbocycles. The molecular formula is C17H20N4O. The summed E-state index contributed by atoms with van der Waals surface area (Å²) < 4.78 is 0. The summed E-state index contributed by atoms with van der Waals surface area (Å²) in [5, 5.41) is 14.3. The van der Waals surface area contributed by atoms with Crippen molar-refractivity contribution in [3.05, 3.63) is 47.7 Å². The van der Waals surface area contributed by atoms with Gasteiger partial charge in [0.1, 0.15) is 0 Å². The van der Waals surface area contributed by atoms with Crippen LogP contribution in [0.3, 0.4) is 0 Å². The number of nitrogens with zero attached hydrogens (tertiary/aromatic N) is 2. The Morgan fingerprint density at radius 3 is 2.55 bits per heavy atom. The number of nitrogens with one attached hydrogen (secondary N) is 2. The van der Waals surface area contributed by atoms with Gasteiger partial charge in [0, 0.05) is 11.7 Å². The molecule has 0 aliphatic heterocycles. The van der Waals surface area contributed by atoms with Gasteiger partial charge in [-0.25, -0.2) is 0 Å². The molecule has 1 amide bonds. The van der Waals surface area contributed by atoms with Crippen LogP contribution in [-0.2, 0) is 0 Å². The quantitative estimate of drug-likeness (QED) is 0.889. The Labute approximate surface area is 130 Å². The maximum atomic E-state index is 11.9. The number of amides is 1. The smallest absolute Gasteiger partial charge is 0.272 e. The molecule has 0 spiro atoms. The van der Waals surface area contributed by atoms with Gasteiger partial charge < -0.3 is 10.6 Å². The van der Waals surface area contributed by atoms with Gasteiger partial charge in [-0.3, -0.25) is 4.79 Å². The summed E-state index contributed by atoms with van der Waals surface area (Å²) in [6.45, 7) is 4.30. The molecule has 0 saturated heterocycles. The summed E-state index contributed by atoms with van der Waals surface area (Å²) in [7, 11) is 0. The fraction of sp³-hybridized carbons (Fsp3) is 0.353. The Morgan fingerprint density at radius 2 is 1.91 bits per heavy atom. The van der Waals surface area contributed by atoms with Gasteiger partial charge in [0.2, 0.25) is 0 Å². The summed E-state index contributed by atoms with van der Waals surface area (Å²) in [5.41, 5.74) is 2.59. The molecule has 1 heterocycles. The van der Waals surface area contributed by atoms with Gasteiger partial charge in [0.05, 0.1) is 0 Å². The number of anilines is 2. The minimum Gasteiger partial charge on any atom is -0.348 e.